The van der Waals surface area contributed by atoms with Gasteiger partial charge in [0.15, 0.2) is 6.61 Å². The van der Waals surface area contributed by atoms with Crippen LogP contribution in [-0.2, 0) is 9.63 Å². The first kappa shape index (κ1) is 16.3. The number of anilines is 1. The number of aryl methyl sites for hydroxylation is 1. The van der Waals surface area contributed by atoms with Crippen LogP contribution >= 0.6 is 23.2 Å². The maximum Gasteiger partial charge on any atom is 0.265 e. The van der Waals surface area contributed by atoms with Gasteiger partial charge in [0, 0.05) is 5.02 Å². The summed E-state index contributed by atoms with van der Waals surface area (Å²) >= 11 is 11.8. The zero-order valence-electron chi connectivity index (χ0n) is 11.8. The highest BCUT2D eigenvalue weighted by Gasteiger charge is 2.06. The molecule has 0 spiro atoms. The topological polar surface area (TPSA) is 50.7 Å². The van der Waals surface area contributed by atoms with Gasteiger partial charge >= 0.3 is 0 Å². The van der Waals surface area contributed by atoms with Crippen molar-refractivity contribution in [3.8, 4) is 0 Å². The summed E-state index contributed by atoms with van der Waals surface area (Å²) in [5, 5.41) is 7.51. The summed E-state index contributed by atoms with van der Waals surface area (Å²) in [6, 6.07) is 12.5. The van der Waals surface area contributed by atoms with Gasteiger partial charge in [-0.1, -0.05) is 46.6 Å². The maximum atomic E-state index is 11.7. The number of nitrogens with one attached hydrogen (secondary N) is 1. The Morgan fingerprint density at radius 3 is 2.64 bits per heavy atom. The van der Waals surface area contributed by atoms with Gasteiger partial charge in [-0.3, -0.25) is 4.79 Å². The Morgan fingerprint density at radius 2 is 1.95 bits per heavy atom. The number of rotatable bonds is 5. The third-order valence-electron chi connectivity index (χ3n) is 2.74. The zero-order chi connectivity index (χ0) is 15.9. The lowest BCUT2D eigenvalue weighted by Gasteiger charge is -2.07. The lowest BCUT2D eigenvalue weighted by atomic mass is 10.2. The Balaban J connectivity index is 1.81. The van der Waals surface area contributed by atoms with Crippen molar-refractivity contribution in [2.75, 3.05) is 11.9 Å². The molecule has 0 saturated carbocycles. The molecule has 0 radical (unpaired) electrons. The number of amides is 1. The Labute approximate surface area is 138 Å². The molecule has 114 valence electrons. The van der Waals surface area contributed by atoms with Crippen LogP contribution in [0.3, 0.4) is 0 Å². The van der Waals surface area contributed by atoms with E-state index in [9.17, 15) is 4.79 Å². The number of halogens is 2. The summed E-state index contributed by atoms with van der Waals surface area (Å²) in [6.45, 7) is 1.72. The maximum absolute atomic E-state index is 11.7. The van der Waals surface area contributed by atoms with E-state index in [2.05, 4.69) is 10.5 Å². The normalized spacial score (nSPS) is 10.7. The van der Waals surface area contributed by atoms with E-state index in [4.69, 9.17) is 28.0 Å². The summed E-state index contributed by atoms with van der Waals surface area (Å²) in [5.41, 5.74) is 2.39. The first-order chi connectivity index (χ1) is 10.5. The van der Waals surface area contributed by atoms with Gasteiger partial charge in [0.05, 0.1) is 16.9 Å². The lowest BCUT2D eigenvalue weighted by molar-refractivity contribution is -0.120. The molecule has 0 atom stereocenters. The summed E-state index contributed by atoms with van der Waals surface area (Å²) in [4.78, 5) is 16.7. The molecule has 6 heteroatoms. The second-order valence-electron chi connectivity index (χ2n) is 4.59. The second-order valence-corrected chi connectivity index (χ2v) is 5.43. The molecular formula is C16H14Cl2N2O2. The smallest absolute Gasteiger partial charge is 0.265 e. The van der Waals surface area contributed by atoms with Gasteiger partial charge in [0.25, 0.3) is 5.91 Å². The number of carbonyl (C=O) groups excluding carboxylic acids is 1. The molecule has 0 aliphatic rings. The quantitative estimate of drug-likeness (QED) is 0.654. The van der Waals surface area contributed by atoms with Gasteiger partial charge in [-0.15, -0.1) is 0 Å². The minimum absolute atomic E-state index is 0.200. The molecule has 0 aromatic heterocycles. The molecule has 0 fully saturated rings. The van der Waals surface area contributed by atoms with E-state index in [1.807, 2.05) is 13.0 Å². The Kier molecular flexibility index (Phi) is 5.81. The Hall–Kier alpha value is -2.04. The summed E-state index contributed by atoms with van der Waals surface area (Å²) in [6.07, 6.45) is 1.50. The van der Waals surface area contributed by atoms with Gasteiger partial charge in [-0.2, -0.15) is 0 Å². The fraction of sp³-hybridized carbons (Fsp3) is 0.125. The molecule has 1 N–H and O–H groups in total. The van der Waals surface area contributed by atoms with Gasteiger partial charge in [-0.25, -0.2) is 0 Å². The van der Waals surface area contributed by atoms with E-state index in [1.165, 1.54) is 6.21 Å². The van der Waals surface area contributed by atoms with Crippen molar-refractivity contribution in [1.29, 1.82) is 0 Å². The molecule has 2 aromatic rings. The van der Waals surface area contributed by atoms with Crippen LogP contribution < -0.4 is 5.32 Å². The summed E-state index contributed by atoms with van der Waals surface area (Å²) in [7, 11) is 0. The minimum atomic E-state index is -0.334. The van der Waals surface area contributed by atoms with E-state index in [0.29, 0.717) is 15.7 Å². The molecule has 0 aliphatic carbocycles. The molecule has 0 aliphatic heterocycles. The number of oxime groups is 1. The number of hydrogen-bond donors (Lipinski definition) is 1. The van der Waals surface area contributed by atoms with Crippen LogP contribution in [0, 0.1) is 6.92 Å². The molecule has 0 unspecified atom stereocenters. The zero-order valence-corrected chi connectivity index (χ0v) is 13.4. The summed E-state index contributed by atoms with van der Waals surface area (Å²) in [5.74, 6) is -0.334. The number of benzene rings is 2. The van der Waals surface area contributed by atoms with E-state index in [1.54, 1.807) is 36.4 Å². The molecule has 4 nitrogen and oxygen atoms in total. The number of nitrogens with zero attached hydrogens (tertiary/aromatic N) is 1. The second kappa shape index (κ2) is 7.82. The van der Waals surface area contributed by atoms with Gasteiger partial charge in [-0.05, 0) is 42.3 Å². The Bertz CT molecular complexity index is 685. The van der Waals surface area contributed by atoms with Crippen molar-refractivity contribution in [2.24, 2.45) is 5.16 Å². The Morgan fingerprint density at radius 1 is 1.23 bits per heavy atom. The van der Waals surface area contributed by atoms with E-state index >= 15 is 0 Å². The molecule has 0 heterocycles. The first-order valence-electron chi connectivity index (χ1n) is 6.51. The molecule has 0 bridgehead atoms. The highest BCUT2D eigenvalue weighted by atomic mass is 35.5. The van der Waals surface area contributed by atoms with Gasteiger partial charge in [0.1, 0.15) is 0 Å². The van der Waals surface area contributed by atoms with Crippen LogP contribution in [0.25, 0.3) is 0 Å². The number of hydrogen-bond acceptors (Lipinski definition) is 3. The SMILES string of the molecule is Cc1ccc(NC(=O)CO/N=C\c2ccc(Cl)cc2)c(Cl)c1. The van der Waals surface area contributed by atoms with Crippen molar-refractivity contribution in [2.45, 2.75) is 6.92 Å². The van der Waals surface area contributed by atoms with Crippen LogP contribution in [-0.4, -0.2) is 18.7 Å². The molecule has 0 saturated heterocycles. The average Bonchev–Trinajstić information content (AvgIpc) is 2.48. The monoisotopic (exact) mass is 336 g/mol. The van der Waals surface area contributed by atoms with Crippen molar-refractivity contribution in [3.05, 3.63) is 63.6 Å². The van der Waals surface area contributed by atoms with Crippen LogP contribution in [0.4, 0.5) is 5.69 Å². The molecule has 2 aromatic carbocycles. The molecule has 22 heavy (non-hydrogen) atoms. The largest absolute Gasteiger partial charge is 0.386 e. The van der Waals surface area contributed by atoms with Crippen molar-refractivity contribution < 1.29 is 9.63 Å². The van der Waals surface area contributed by atoms with Crippen LogP contribution in [0.2, 0.25) is 10.0 Å². The fourth-order valence-corrected chi connectivity index (χ4v) is 2.06. The predicted octanol–water partition coefficient (Wildman–Crippen LogP) is 4.29. The summed E-state index contributed by atoms with van der Waals surface area (Å²) < 4.78 is 0. The average molecular weight is 337 g/mol. The lowest BCUT2D eigenvalue weighted by Crippen LogP contribution is -2.17. The van der Waals surface area contributed by atoms with E-state index in [0.717, 1.165) is 11.1 Å². The third-order valence-corrected chi connectivity index (χ3v) is 3.31. The van der Waals surface area contributed by atoms with Gasteiger partial charge in [0.2, 0.25) is 0 Å². The minimum Gasteiger partial charge on any atom is -0.386 e. The number of carbonyl (C=O) groups is 1. The van der Waals surface area contributed by atoms with E-state index < -0.39 is 0 Å². The van der Waals surface area contributed by atoms with E-state index in [-0.39, 0.29) is 12.5 Å². The first-order valence-corrected chi connectivity index (χ1v) is 7.27. The van der Waals surface area contributed by atoms with Crippen LogP contribution in [0.15, 0.2) is 47.6 Å². The highest BCUT2D eigenvalue weighted by molar-refractivity contribution is 6.33. The van der Waals surface area contributed by atoms with Crippen LogP contribution in [0.5, 0.6) is 0 Å². The van der Waals surface area contributed by atoms with Crippen molar-refractivity contribution >= 4 is 41.0 Å². The highest BCUT2D eigenvalue weighted by Crippen LogP contribution is 2.22. The fourth-order valence-electron chi connectivity index (χ4n) is 1.65. The van der Waals surface area contributed by atoms with Crippen molar-refractivity contribution in [1.82, 2.24) is 0 Å². The van der Waals surface area contributed by atoms with Crippen molar-refractivity contribution in [3.63, 3.8) is 0 Å². The molecule has 1 amide bonds. The molecular weight excluding hydrogens is 323 g/mol. The van der Waals surface area contributed by atoms with Gasteiger partial charge < -0.3 is 10.2 Å². The van der Waals surface area contributed by atoms with Crippen LogP contribution in [0.1, 0.15) is 11.1 Å². The molecule has 2 rings (SSSR count). The predicted molar refractivity (Wildman–Crippen MR) is 89.8 cm³/mol. The third kappa shape index (κ3) is 5.06. The standard InChI is InChI=1S/C16H14Cl2N2O2/c1-11-2-7-15(14(18)8-11)20-16(21)10-22-19-9-12-3-5-13(17)6-4-12/h2-9H,10H2,1H3,(H,20,21)/b19-9-.